The maximum Gasteiger partial charge on any atom is 0.419 e. The molecule has 1 aliphatic carbocycles. The highest BCUT2D eigenvalue weighted by molar-refractivity contribution is 7.89. The number of carbonyl (C=O) groups excluding carboxylic acids is 1. The SMILES string of the molecule is CN[C@@H](CC(C)C)C(=O)N1CCC(N(C2CC2)S(=O)(=O)c2cccc(C(F)(F)F)c2F)CC1. The summed E-state index contributed by atoms with van der Waals surface area (Å²) in [5.41, 5.74) is -1.59. The van der Waals surface area contributed by atoms with Gasteiger partial charge in [-0.05, 0) is 57.2 Å². The van der Waals surface area contributed by atoms with Crippen LogP contribution >= 0.6 is 0 Å². The van der Waals surface area contributed by atoms with Crippen molar-refractivity contribution in [1.82, 2.24) is 14.5 Å². The van der Waals surface area contributed by atoms with Gasteiger partial charge in [-0.15, -0.1) is 0 Å². The summed E-state index contributed by atoms with van der Waals surface area (Å²) in [6.07, 6.45) is -2.47. The molecular weight excluding hydrogens is 462 g/mol. The van der Waals surface area contributed by atoms with Gasteiger partial charge < -0.3 is 10.2 Å². The Hall–Kier alpha value is -1.72. The van der Waals surface area contributed by atoms with Crippen molar-refractivity contribution in [2.45, 2.75) is 75.1 Å². The highest BCUT2D eigenvalue weighted by Crippen LogP contribution is 2.39. The molecule has 6 nitrogen and oxygen atoms in total. The molecule has 0 spiro atoms. The predicted octanol–water partition coefficient (Wildman–Crippen LogP) is 3.62. The van der Waals surface area contributed by atoms with Crippen LogP contribution in [-0.2, 0) is 21.0 Å². The Kier molecular flexibility index (Phi) is 7.75. The first-order valence-corrected chi connectivity index (χ1v) is 12.7. The number of alkyl halides is 3. The number of carbonyl (C=O) groups is 1. The van der Waals surface area contributed by atoms with Gasteiger partial charge in [-0.3, -0.25) is 4.79 Å². The van der Waals surface area contributed by atoms with Crippen LogP contribution in [0.4, 0.5) is 17.6 Å². The monoisotopic (exact) mass is 493 g/mol. The zero-order valence-electron chi connectivity index (χ0n) is 19.0. The van der Waals surface area contributed by atoms with E-state index in [9.17, 15) is 30.8 Å². The molecular formula is C22H31F4N3O3S. The molecule has 1 aromatic rings. The fourth-order valence-corrected chi connectivity index (χ4v) is 6.46. The van der Waals surface area contributed by atoms with Crippen molar-refractivity contribution in [3.05, 3.63) is 29.6 Å². The molecule has 11 heteroatoms. The minimum atomic E-state index is -4.99. The summed E-state index contributed by atoms with van der Waals surface area (Å²) in [4.78, 5) is 13.6. The molecule has 3 rings (SSSR count). The first kappa shape index (κ1) is 25.9. The van der Waals surface area contributed by atoms with Crippen molar-refractivity contribution in [3.63, 3.8) is 0 Å². The van der Waals surface area contributed by atoms with E-state index < -0.39 is 38.5 Å². The number of rotatable bonds is 8. The molecule has 2 aliphatic rings. The summed E-state index contributed by atoms with van der Waals surface area (Å²) in [6, 6.07) is 1.15. The van der Waals surface area contributed by atoms with E-state index >= 15 is 0 Å². The number of nitrogens with zero attached hydrogens (tertiary/aromatic N) is 2. The predicted molar refractivity (Wildman–Crippen MR) is 115 cm³/mol. The number of sulfonamides is 1. The molecule has 2 fully saturated rings. The van der Waals surface area contributed by atoms with Gasteiger partial charge in [0.05, 0.1) is 11.6 Å². The molecule has 1 atom stereocenters. The molecule has 1 saturated carbocycles. The molecule has 1 amide bonds. The van der Waals surface area contributed by atoms with Crippen LogP contribution in [0.2, 0.25) is 0 Å². The second-order valence-corrected chi connectivity index (χ2v) is 11.0. The Bertz CT molecular complexity index is 956. The van der Waals surface area contributed by atoms with Gasteiger partial charge >= 0.3 is 6.18 Å². The van der Waals surface area contributed by atoms with Crippen LogP contribution in [0.25, 0.3) is 0 Å². The molecule has 186 valence electrons. The summed E-state index contributed by atoms with van der Waals surface area (Å²) in [7, 11) is -2.76. The van der Waals surface area contributed by atoms with E-state index in [4.69, 9.17) is 0 Å². The van der Waals surface area contributed by atoms with Crippen molar-refractivity contribution in [2.24, 2.45) is 5.92 Å². The van der Waals surface area contributed by atoms with Crippen molar-refractivity contribution >= 4 is 15.9 Å². The van der Waals surface area contributed by atoms with E-state index in [1.807, 2.05) is 13.8 Å². The standard InChI is InChI=1S/C22H31F4N3O3S/c1-14(2)13-18(27-3)21(30)28-11-9-16(10-12-28)29(15-7-8-15)33(31,32)19-6-4-5-17(20(19)23)22(24,25)26/h4-6,14-16,18,27H,7-13H2,1-3H3/t18-/m0/s1. The third-order valence-electron chi connectivity index (χ3n) is 6.22. The van der Waals surface area contributed by atoms with Crippen LogP contribution in [0.15, 0.2) is 23.1 Å². The Balaban J connectivity index is 1.80. The minimum absolute atomic E-state index is 0.0469. The van der Waals surface area contributed by atoms with E-state index in [-0.39, 0.29) is 18.0 Å². The van der Waals surface area contributed by atoms with Gasteiger partial charge in [0.2, 0.25) is 15.9 Å². The summed E-state index contributed by atoms with van der Waals surface area (Å²) < 4.78 is 82.0. The number of hydrogen-bond acceptors (Lipinski definition) is 4. The third kappa shape index (κ3) is 5.68. The normalized spacial score (nSPS) is 19.4. The zero-order chi connectivity index (χ0) is 24.6. The van der Waals surface area contributed by atoms with Crippen LogP contribution in [0.1, 0.15) is 51.5 Å². The summed E-state index contributed by atoms with van der Waals surface area (Å²) in [6.45, 7) is 4.72. The lowest BCUT2D eigenvalue weighted by Gasteiger charge is -2.39. The summed E-state index contributed by atoms with van der Waals surface area (Å²) >= 11 is 0. The maximum absolute atomic E-state index is 14.7. The Morgan fingerprint density at radius 1 is 1.15 bits per heavy atom. The second-order valence-electron chi connectivity index (χ2n) is 9.21. The highest BCUT2D eigenvalue weighted by Gasteiger charge is 2.46. The molecule has 0 unspecified atom stereocenters. The first-order chi connectivity index (χ1) is 15.4. The number of benzene rings is 1. The number of piperidine rings is 1. The average Bonchev–Trinajstić information content (AvgIpc) is 3.56. The van der Waals surface area contributed by atoms with Crippen LogP contribution < -0.4 is 5.32 Å². The number of nitrogens with one attached hydrogen (secondary N) is 1. The van der Waals surface area contributed by atoms with Gasteiger partial charge in [0.1, 0.15) is 4.90 Å². The fourth-order valence-electron chi connectivity index (χ4n) is 4.44. The molecule has 0 radical (unpaired) electrons. The van der Waals surface area contributed by atoms with E-state index in [0.29, 0.717) is 57.2 Å². The van der Waals surface area contributed by atoms with Gasteiger partial charge in [0.15, 0.2) is 5.82 Å². The van der Waals surface area contributed by atoms with Gasteiger partial charge in [0, 0.05) is 25.2 Å². The van der Waals surface area contributed by atoms with E-state index in [1.165, 1.54) is 4.31 Å². The first-order valence-electron chi connectivity index (χ1n) is 11.2. The molecule has 1 aromatic carbocycles. The molecule has 0 aromatic heterocycles. The Morgan fingerprint density at radius 2 is 1.73 bits per heavy atom. The van der Waals surface area contributed by atoms with Gasteiger partial charge in [-0.2, -0.15) is 17.5 Å². The largest absolute Gasteiger partial charge is 0.419 e. The molecule has 1 aliphatic heterocycles. The van der Waals surface area contributed by atoms with Gasteiger partial charge in [-0.1, -0.05) is 19.9 Å². The van der Waals surface area contributed by atoms with E-state index in [0.717, 1.165) is 12.1 Å². The van der Waals surface area contributed by atoms with Gasteiger partial charge in [-0.25, -0.2) is 12.8 Å². The quantitative estimate of drug-likeness (QED) is 0.562. The van der Waals surface area contributed by atoms with Crippen molar-refractivity contribution < 1.29 is 30.8 Å². The van der Waals surface area contributed by atoms with Crippen LogP contribution in [0, 0.1) is 11.7 Å². The zero-order valence-corrected chi connectivity index (χ0v) is 19.8. The highest BCUT2D eigenvalue weighted by atomic mass is 32.2. The number of hydrogen-bond donors (Lipinski definition) is 1. The van der Waals surface area contributed by atoms with E-state index in [2.05, 4.69) is 5.32 Å². The molecule has 1 saturated heterocycles. The van der Waals surface area contributed by atoms with E-state index in [1.54, 1.807) is 11.9 Å². The maximum atomic E-state index is 14.7. The molecule has 0 bridgehead atoms. The number of halogens is 4. The average molecular weight is 494 g/mol. The lowest BCUT2D eigenvalue weighted by molar-refractivity contribution is -0.140. The summed E-state index contributed by atoms with van der Waals surface area (Å²) in [5.74, 6) is -1.50. The van der Waals surface area contributed by atoms with Crippen molar-refractivity contribution in [1.29, 1.82) is 0 Å². The topological polar surface area (TPSA) is 69.7 Å². The lowest BCUT2D eigenvalue weighted by Crippen LogP contribution is -2.53. The van der Waals surface area contributed by atoms with Crippen LogP contribution in [0.5, 0.6) is 0 Å². The third-order valence-corrected chi connectivity index (χ3v) is 8.24. The van der Waals surface area contributed by atoms with Crippen LogP contribution in [0.3, 0.4) is 0 Å². The minimum Gasteiger partial charge on any atom is -0.341 e. The number of likely N-dealkylation sites (N-methyl/N-ethyl adjacent to an activating group) is 1. The number of amides is 1. The molecule has 1 N–H and O–H groups in total. The molecule has 1 heterocycles. The second kappa shape index (κ2) is 9.87. The number of likely N-dealkylation sites (tertiary alicyclic amines) is 1. The summed E-state index contributed by atoms with van der Waals surface area (Å²) in [5, 5.41) is 3.03. The Labute approximate surface area is 192 Å². The van der Waals surface area contributed by atoms with Crippen molar-refractivity contribution in [3.8, 4) is 0 Å². The van der Waals surface area contributed by atoms with Gasteiger partial charge in [0.25, 0.3) is 0 Å². The Morgan fingerprint density at radius 3 is 2.21 bits per heavy atom. The molecule has 33 heavy (non-hydrogen) atoms. The smallest absolute Gasteiger partial charge is 0.341 e. The van der Waals surface area contributed by atoms with Crippen molar-refractivity contribution in [2.75, 3.05) is 20.1 Å². The lowest BCUT2D eigenvalue weighted by atomic mass is 10.00. The fraction of sp³-hybridized carbons (Fsp3) is 0.682. The van der Waals surface area contributed by atoms with Crippen LogP contribution in [-0.4, -0.2) is 61.8 Å².